The molecule has 2 heterocycles. The van der Waals surface area contributed by atoms with E-state index in [4.69, 9.17) is 0 Å². The van der Waals surface area contributed by atoms with E-state index >= 15 is 0 Å². The zero-order valence-corrected chi connectivity index (χ0v) is 11.9. The normalized spacial score (nSPS) is 21.1. The monoisotopic (exact) mass is 299 g/mol. The molecule has 1 saturated heterocycles. The summed E-state index contributed by atoms with van der Waals surface area (Å²) in [7, 11) is 0. The number of aromatic nitrogens is 1. The summed E-state index contributed by atoms with van der Waals surface area (Å²) in [5.41, 5.74) is -0.0246. The molecule has 1 aromatic heterocycles. The minimum atomic E-state index is -1.18. The molecule has 1 fully saturated rings. The molecular weight excluding hydrogens is 285 g/mol. The third-order valence-electron chi connectivity index (χ3n) is 3.71. The van der Waals surface area contributed by atoms with Crippen molar-refractivity contribution in [3.8, 4) is 0 Å². The minimum Gasteiger partial charge on any atom is -0.318 e. The molecule has 1 N–H and O–H groups in total. The molecule has 3 amide bonds. The zero-order chi connectivity index (χ0) is 15.7. The second-order valence-corrected chi connectivity index (χ2v) is 5.29. The maximum absolute atomic E-state index is 12.9. The van der Waals surface area contributed by atoms with Gasteiger partial charge in [-0.3, -0.25) is 14.7 Å². The number of nitrogens with one attached hydrogen (secondary N) is 1. The van der Waals surface area contributed by atoms with Crippen molar-refractivity contribution >= 4 is 11.9 Å². The van der Waals surface area contributed by atoms with Gasteiger partial charge in [0.05, 0.1) is 12.2 Å². The minimum absolute atomic E-state index is 0.0906. The number of carbonyl (C=O) groups is 2. The second-order valence-electron chi connectivity index (χ2n) is 5.29. The Morgan fingerprint density at radius 3 is 2.55 bits per heavy atom. The summed E-state index contributed by atoms with van der Waals surface area (Å²) in [6, 6.07) is 10.4. The number of amides is 3. The van der Waals surface area contributed by atoms with E-state index in [1.54, 1.807) is 43.5 Å². The smallest absolute Gasteiger partial charge is 0.318 e. The van der Waals surface area contributed by atoms with Crippen LogP contribution >= 0.6 is 0 Å². The summed E-state index contributed by atoms with van der Waals surface area (Å²) >= 11 is 0. The molecule has 1 aliphatic rings. The van der Waals surface area contributed by atoms with Gasteiger partial charge in [0.25, 0.3) is 5.91 Å². The SMILES string of the molecule is C[C@]1(c2ccccn2)NC(=O)N(Cc2ccc(F)cc2)C1=O. The molecule has 1 aromatic carbocycles. The molecule has 0 radical (unpaired) electrons. The Bertz CT molecular complexity index is 718. The van der Waals surface area contributed by atoms with Gasteiger partial charge in [-0.05, 0) is 36.8 Å². The fraction of sp³-hybridized carbons (Fsp3) is 0.188. The maximum atomic E-state index is 12.9. The topological polar surface area (TPSA) is 62.3 Å². The Balaban J connectivity index is 1.87. The second kappa shape index (κ2) is 5.22. The number of carbonyl (C=O) groups excluding carboxylic acids is 2. The molecule has 2 aromatic rings. The summed E-state index contributed by atoms with van der Waals surface area (Å²) in [6.07, 6.45) is 1.57. The lowest BCUT2D eigenvalue weighted by atomic mass is 9.97. The van der Waals surface area contributed by atoms with E-state index in [-0.39, 0.29) is 18.3 Å². The zero-order valence-electron chi connectivity index (χ0n) is 11.9. The van der Waals surface area contributed by atoms with Crippen molar-refractivity contribution < 1.29 is 14.0 Å². The van der Waals surface area contributed by atoms with Crippen molar-refractivity contribution in [1.29, 1.82) is 0 Å². The van der Waals surface area contributed by atoms with Crippen LogP contribution in [0.1, 0.15) is 18.2 Å². The number of halogens is 1. The van der Waals surface area contributed by atoms with E-state index in [0.29, 0.717) is 11.3 Å². The highest BCUT2D eigenvalue weighted by atomic mass is 19.1. The Morgan fingerprint density at radius 1 is 1.18 bits per heavy atom. The fourth-order valence-electron chi connectivity index (χ4n) is 2.45. The van der Waals surface area contributed by atoms with Crippen LogP contribution in [0.25, 0.3) is 0 Å². The molecule has 5 nitrogen and oxygen atoms in total. The van der Waals surface area contributed by atoms with Gasteiger partial charge in [0.15, 0.2) is 5.54 Å². The van der Waals surface area contributed by atoms with Crippen molar-refractivity contribution in [2.75, 3.05) is 0 Å². The van der Waals surface area contributed by atoms with Crippen LogP contribution in [-0.4, -0.2) is 21.8 Å². The van der Waals surface area contributed by atoms with E-state index in [2.05, 4.69) is 10.3 Å². The van der Waals surface area contributed by atoms with E-state index in [9.17, 15) is 14.0 Å². The van der Waals surface area contributed by atoms with Gasteiger partial charge in [-0.15, -0.1) is 0 Å². The Hall–Kier alpha value is -2.76. The number of hydrogen-bond donors (Lipinski definition) is 1. The van der Waals surface area contributed by atoms with Crippen molar-refractivity contribution in [3.63, 3.8) is 0 Å². The Kier molecular flexibility index (Phi) is 3.36. The first-order valence-corrected chi connectivity index (χ1v) is 6.81. The van der Waals surface area contributed by atoms with Crippen LogP contribution in [0.2, 0.25) is 0 Å². The first-order chi connectivity index (χ1) is 10.5. The van der Waals surface area contributed by atoms with E-state index < -0.39 is 11.6 Å². The molecule has 0 bridgehead atoms. The maximum Gasteiger partial charge on any atom is 0.325 e. The van der Waals surface area contributed by atoms with Gasteiger partial charge < -0.3 is 5.32 Å². The molecule has 0 aliphatic carbocycles. The molecule has 112 valence electrons. The van der Waals surface area contributed by atoms with Crippen LogP contribution in [0.5, 0.6) is 0 Å². The summed E-state index contributed by atoms with van der Waals surface area (Å²) in [5, 5.41) is 2.68. The molecule has 0 unspecified atom stereocenters. The average molecular weight is 299 g/mol. The van der Waals surface area contributed by atoms with Gasteiger partial charge in [0.2, 0.25) is 0 Å². The third kappa shape index (κ3) is 2.32. The number of hydrogen-bond acceptors (Lipinski definition) is 3. The van der Waals surface area contributed by atoms with Crippen molar-refractivity contribution in [2.45, 2.75) is 19.0 Å². The van der Waals surface area contributed by atoms with E-state index in [1.807, 2.05) is 0 Å². The standard InChI is InChI=1S/C16H14FN3O2/c1-16(13-4-2-3-9-18-13)14(21)20(15(22)19-16)10-11-5-7-12(17)8-6-11/h2-9H,10H2,1H3,(H,19,22)/t16-/m1/s1. The predicted molar refractivity (Wildman–Crippen MR) is 77.1 cm³/mol. The lowest BCUT2D eigenvalue weighted by molar-refractivity contribution is -0.131. The first-order valence-electron chi connectivity index (χ1n) is 6.81. The van der Waals surface area contributed by atoms with E-state index in [1.165, 1.54) is 12.1 Å². The lowest BCUT2D eigenvalue weighted by Crippen LogP contribution is -2.41. The molecule has 1 aliphatic heterocycles. The number of rotatable bonds is 3. The average Bonchev–Trinajstić information content (AvgIpc) is 2.75. The first kappa shape index (κ1) is 14.2. The summed E-state index contributed by atoms with van der Waals surface area (Å²) < 4.78 is 12.9. The Labute approximate surface area is 126 Å². The molecule has 22 heavy (non-hydrogen) atoms. The van der Waals surface area contributed by atoms with Crippen LogP contribution in [0.3, 0.4) is 0 Å². The largest absolute Gasteiger partial charge is 0.325 e. The summed E-state index contributed by atoms with van der Waals surface area (Å²) in [4.78, 5) is 30.0. The van der Waals surface area contributed by atoms with Crippen molar-refractivity contribution in [3.05, 3.63) is 65.7 Å². The highest BCUT2D eigenvalue weighted by Crippen LogP contribution is 2.28. The molecule has 6 heteroatoms. The van der Waals surface area contributed by atoms with Gasteiger partial charge in [0.1, 0.15) is 5.82 Å². The number of pyridine rings is 1. The predicted octanol–water partition coefficient (Wildman–Crippen LogP) is 2.19. The molecule has 0 saturated carbocycles. The van der Waals surface area contributed by atoms with Gasteiger partial charge in [-0.25, -0.2) is 9.18 Å². The van der Waals surface area contributed by atoms with Crippen molar-refractivity contribution in [2.24, 2.45) is 0 Å². The Morgan fingerprint density at radius 2 is 1.91 bits per heavy atom. The van der Waals surface area contributed by atoms with E-state index in [0.717, 1.165) is 4.90 Å². The van der Waals surface area contributed by atoms with Gasteiger partial charge in [-0.2, -0.15) is 0 Å². The number of nitrogens with zero attached hydrogens (tertiary/aromatic N) is 2. The van der Waals surface area contributed by atoms with Crippen LogP contribution in [0.15, 0.2) is 48.7 Å². The number of benzene rings is 1. The molecular formula is C16H14FN3O2. The van der Waals surface area contributed by atoms with Crippen LogP contribution in [0, 0.1) is 5.82 Å². The lowest BCUT2D eigenvalue weighted by Gasteiger charge is -2.20. The van der Waals surface area contributed by atoms with Gasteiger partial charge in [-0.1, -0.05) is 18.2 Å². The highest BCUT2D eigenvalue weighted by Gasteiger charge is 2.49. The van der Waals surface area contributed by atoms with Crippen LogP contribution < -0.4 is 5.32 Å². The summed E-state index contributed by atoms with van der Waals surface area (Å²) in [5.74, 6) is -0.736. The molecule has 3 rings (SSSR count). The molecule has 0 spiro atoms. The van der Waals surface area contributed by atoms with Crippen LogP contribution in [0.4, 0.5) is 9.18 Å². The quantitative estimate of drug-likeness (QED) is 0.884. The van der Waals surface area contributed by atoms with Crippen molar-refractivity contribution in [1.82, 2.24) is 15.2 Å². The van der Waals surface area contributed by atoms with Gasteiger partial charge >= 0.3 is 6.03 Å². The summed E-state index contributed by atoms with van der Waals surface area (Å²) in [6.45, 7) is 1.72. The highest BCUT2D eigenvalue weighted by molar-refractivity contribution is 6.06. The fourth-order valence-corrected chi connectivity index (χ4v) is 2.45. The van der Waals surface area contributed by atoms with Crippen LogP contribution in [-0.2, 0) is 16.9 Å². The molecule has 1 atom stereocenters. The number of imide groups is 1. The third-order valence-corrected chi connectivity index (χ3v) is 3.71. The van der Waals surface area contributed by atoms with Gasteiger partial charge in [0, 0.05) is 6.20 Å². The number of urea groups is 1.